The first kappa shape index (κ1) is 21.6. The Morgan fingerprint density at radius 3 is 2.52 bits per heavy atom. The fourth-order valence-corrected chi connectivity index (χ4v) is 4.16. The van der Waals surface area contributed by atoms with Crippen LogP contribution in [0.1, 0.15) is 37.8 Å². The number of carbonyl (C=O) groups excluding carboxylic acids is 1. The Bertz CT molecular complexity index is 868. The number of piperazine rings is 1. The molecule has 2 aromatic rings. The largest absolute Gasteiger partial charge is 0.494 e. The summed E-state index contributed by atoms with van der Waals surface area (Å²) in [6, 6.07) is 14.7. The number of amides is 1. The Labute approximate surface area is 183 Å². The van der Waals surface area contributed by atoms with E-state index >= 15 is 0 Å². The maximum atomic E-state index is 14.0. The zero-order valence-electron chi connectivity index (χ0n) is 18.0. The standard InChI is InChI=1S/C24H31FN4O2/c1-2-3-16-31-19-10-8-18(9-11-19)21-17-22(27-26-21)24(30)29-14-12-28(13-15-29)23-7-5-4-6-20(23)25/h4-11,21-22,26-27H,2-3,12-17H2,1H3. The average Bonchev–Trinajstić information content (AvgIpc) is 3.30. The topological polar surface area (TPSA) is 56.8 Å². The summed E-state index contributed by atoms with van der Waals surface area (Å²) < 4.78 is 19.8. The Morgan fingerprint density at radius 2 is 1.81 bits per heavy atom. The fraction of sp³-hybridized carbons (Fsp3) is 0.458. The molecule has 2 heterocycles. The maximum Gasteiger partial charge on any atom is 0.241 e. The highest BCUT2D eigenvalue weighted by molar-refractivity contribution is 5.82. The lowest BCUT2D eigenvalue weighted by atomic mass is 10.0. The van der Waals surface area contributed by atoms with Crippen molar-refractivity contribution in [3.8, 4) is 5.75 Å². The number of hydrogen-bond acceptors (Lipinski definition) is 5. The van der Waals surface area contributed by atoms with Gasteiger partial charge in [-0.05, 0) is 42.7 Å². The Kier molecular flexibility index (Phi) is 7.04. The van der Waals surface area contributed by atoms with E-state index in [9.17, 15) is 9.18 Å². The van der Waals surface area contributed by atoms with Crippen LogP contribution in [-0.4, -0.2) is 49.6 Å². The first-order valence-corrected chi connectivity index (χ1v) is 11.2. The minimum absolute atomic E-state index is 0.0818. The lowest BCUT2D eigenvalue weighted by molar-refractivity contribution is -0.133. The van der Waals surface area contributed by atoms with Crippen LogP contribution >= 0.6 is 0 Å². The normalized spacial score (nSPS) is 21.4. The minimum atomic E-state index is -0.259. The summed E-state index contributed by atoms with van der Waals surface area (Å²) in [5, 5.41) is 0. The molecule has 2 atom stereocenters. The van der Waals surface area contributed by atoms with Gasteiger partial charge in [0.25, 0.3) is 0 Å². The Balaban J connectivity index is 1.28. The van der Waals surface area contributed by atoms with E-state index in [4.69, 9.17) is 4.74 Å². The molecule has 0 aliphatic carbocycles. The SMILES string of the molecule is CCCCOc1ccc(C2CC(C(=O)N3CCN(c4ccccc4F)CC3)NN2)cc1. The number of nitrogens with one attached hydrogen (secondary N) is 2. The van der Waals surface area contributed by atoms with Crippen LogP contribution in [0.5, 0.6) is 5.75 Å². The lowest BCUT2D eigenvalue weighted by Crippen LogP contribution is -2.53. The highest BCUT2D eigenvalue weighted by atomic mass is 19.1. The van der Waals surface area contributed by atoms with Gasteiger partial charge in [-0.1, -0.05) is 37.6 Å². The molecule has 0 aromatic heterocycles. The van der Waals surface area contributed by atoms with E-state index in [2.05, 4.69) is 29.9 Å². The number of unbranched alkanes of at least 4 members (excludes halogenated alkanes) is 1. The van der Waals surface area contributed by atoms with Crippen LogP contribution in [-0.2, 0) is 4.79 Å². The summed E-state index contributed by atoms with van der Waals surface area (Å²) >= 11 is 0. The minimum Gasteiger partial charge on any atom is -0.494 e. The van der Waals surface area contributed by atoms with Gasteiger partial charge in [-0.2, -0.15) is 0 Å². The van der Waals surface area contributed by atoms with Gasteiger partial charge >= 0.3 is 0 Å². The smallest absolute Gasteiger partial charge is 0.241 e. The third-order valence-electron chi connectivity index (χ3n) is 6.03. The lowest BCUT2D eigenvalue weighted by Gasteiger charge is -2.37. The summed E-state index contributed by atoms with van der Waals surface area (Å²) in [6.07, 6.45) is 2.86. The van der Waals surface area contributed by atoms with Gasteiger partial charge in [0.1, 0.15) is 17.6 Å². The quantitative estimate of drug-likeness (QED) is 0.666. The molecule has 1 amide bonds. The molecular formula is C24H31FN4O2. The molecule has 0 bridgehead atoms. The number of halogens is 1. The number of para-hydroxylation sites is 1. The van der Waals surface area contributed by atoms with Crippen LogP contribution in [0.2, 0.25) is 0 Å². The third kappa shape index (κ3) is 5.17. The van der Waals surface area contributed by atoms with E-state index in [0.29, 0.717) is 38.3 Å². The van der Waals surface area contributed by atoms with Crippen molar-refractivity contribution in [3.63, 3.8) is 0 Å². The zero-order chi connectivity index (χ0) is 21.6. The van der Waals surface area contributed by atoms with Crippen LogP contribution < -0.4 is 20.5 Å². The van der Waals surface area contributed by atoms with Crippen molar-refractivity contribution in [1.82, 2.24) is 15.8 Å². The summed E-state index contributed by atoms with van der Waals surface area (Å²) in [5.74, 6) is 0.764. The first-order chi connectivity index (χ1) is 15.2. The number of hydrazine groups is 1. The highest BCUT2D eigenvalue weighted by Gasteiger charge is 2.34. The van der Waals surface area contributed by atoms with Gasteiger partial charge in [0.15, 0.2) is 0 Å². The van der Waals surface area contributed by atoms with Crippen LogP contribution in [0.4, 0.5) is 10.1 Å². The van der Waals surface area contributed by atoms with Gasteiger partial charge in [-0.3, -0.25) is 4.79 Å². The van der Waals surface area contributed by atoms with E-state index in [1.54, 1.807) is 12.1 Å². The number of hydrogen-bond donors (Lipinski definition) is 2. The summed E-state index contributed by atoms with van der Waals surface area (Å²) in [6.45, 7) is 5.34. The van der Waals surface area contributed by atoms with E-state index in [0.717, 1.165) is 30.8 Å². The molecule has 2 aliphatic rings. The van der Waals surface area contributed by atoms with E-state index in [1.807, 2.05) is 28.0 Å². The molecule has 0 radical (unpaired) electrons. The van der Waals surface area contributed by atoms with E-state index < -0.39 is 0 Å². The molecule has 2 aliphatic heterocycles. The van der Waals surface area contributed by atoms with Crippen molar-refractivity contribution >= 4 is 11.6 Å². The number of carbonyl (C=O) groups is 1. The Morgan fingerprint density at radius 1 is 1.06 bits per heavy atom. The molecule has 166 valence electrons. The maximum absolute atomic E-state index is 14.0. The second-order valence-corrected chi connectivity index (χ2v) is 8.16. The highest BCUT2D eigenvalue weighted by Crippen LogP contribution is 2.26. The van der Waals surface area contributed by atoms with Gasteiger partial charge < -0.3 is 14.5 Å². The van der Waals surface area contributed by atoms with Crippen LogP contribution in [0.15, 0.2) is 48.5 Å². The molecular weight excluding hydrogens is 395 g/mol. The van der Waals surface area contributed by atoms with E-state index in [-0.39, 0.29) is 23.8 Å². The molecule has 2 aromatic carbocycles. The number of rotatable bonds is 7. The number of anilines is 1. The average molecular weight is 427 g/mol. The van der Waals surface area contributed by atoms with Gasteiger partial charge in [0, 0.05) is 32.2 Å². The van der Waals surface area contributed by atoms with Gasteiger partial charge in [-0.25, -0.2) is 15.2 Å². The van der Waals surface area contributed by atoms with Crippen molar-refractivity contribution in [2.24, 2.45) is 0 Å². The number of benzene rings is 2. The van der Waals surface area contributed by atoms with Crippen molar-refractivity contribution in [2.45, 2.75) is 38.3 Å². The number of nitrogens with zero attached hydrogens (tertiary/aromatic N) is 2. The van der Waals surface area contributed by atoms with Crippen LogP contribution in [0, 0.1) is 5.82 Å². The molecule has 2 unspecified atom stereocenters. The molecule has 4 rings (SSSR count). The summed E-state index contributed by atoms with van der Waals surface area (Å²) in [5.41, 5.74) is 8.17. The summed E-state index contributed by atoms with van der Waals surface area (Å²) in [4.78, 5) is 16.9. The second kappa shape index (κ2) is 10.1. The van der Waals surface area contributed by atoms with Gasteiger partial charge in [0.2, 0.25) is 5.91 Å². The zero-order valence-corrected chi connectivity index (χ0v) is 18.0. The fourth-order valence-electron chi connectivity index (χ4n) is 4.16. The molecule has 6 nitrogen and oxygen atoms in total. The number of ether oxygens (including phenoxy) is 1. The van der Waals surface area contributed by atoms with Crippen LogP contribution in [0.3, 0.4) is 0 Å². The van der Waals surface area contributed by atoms with Crippen molar-refractivity contribution in [3.05, 3.63) is 59.9 Å². The molecule has 31 heavy (non-hydrogen) atoms. The molecule has 0 spiro atoms. The predicted molar refractivity (Wildman–Crippen MR) is 119 cm³/mol. The van der Waals surface area contributed by atoms with Gasteiger partial charge in [-0.15, -0.1) is 0 Å². The van der Waals surface area contributed by atoms with E-state index in [1.165, 1.54) is 6.07 Å². The molecule has 2 saturated heterocycles. The van der Waals surface area contributed by atoms with Crippen molar-refractivity contribution in [1.29, 1.82) is 0 Å². The monoisotopic (exact) mass is 426 g/mol. The molecule has 0 saturated carbocycles. The first-order valence-electron chi connectivity index (χ1n) is 11.2. The third-order valence-corrected chi connectivity index (χ3v) is 6.03. The molecule has 2 N–H and O–H groups in total. The van der Waals surface area contributed by atoms with Crippen LogP contribution in [0.25, 0.3) is 0 Å². The summed E-state index contributed by atoms with van der Waals surface area (Å²) in [7, 11) is 0. The van der Waals surface area contributed by atoms with Crippen molar-refractivity contribution in [2.75, 3.05) is 37.7 Å². The predicted octanol–water partition coefficient (Wildman–Crippen LogP) is 3.26. The van der Waals surface area contributed by atoms with Gasteiger partial charge in [0.05, 0.1) is 12.3 Å². The van der Waals surface area contributed by atoms with Crippen molar-refractivity contribution < 1.29 is 13.9 Å². The second-order valence-electron chi connectivity index (χ2n) is 8.16. The molecule has 2 fully saturated rings. The Hall–Kier alpha value is -2.64. The molecule has 7 heteroatoms.